The fourth-order valence-electron chi connectivity index (χ4n) is 1.12. The van der Waals surface area contributed by atoms with E-state index in [4.69, 9.17) is 11.6 Å². The average molecular weight is 199 g/mol. The molecule has 0 atom stereocenters. The molecule has 0 fully saturated rings. The van der Waals surface area contributed by atoms with E-state index in [1.807, 2.05) is 0 Å². The number of nitrogens with one attached hydrogen (secondary N) is 1. The van der Waals surface area contributed by atoms with Gasteiger partial charge in [-0.05, 0) is 12.1 Å². The van der Waals surface area contributed by atoms with Crippen LogP contribution in [0.15, 0.2) is 12.1 Å². The molecule has 66 valence electrons. The molecular formula is C8H4ClFN2O. The first-order chi connectivity index (χ1) is 6.22. The van der Waals surface area contributed by atoms with Gasteiger partial charge in [0.25, 0.3) is 0 Å². The maximum Gasteiger partial charge on any atom is 0.168 e. The molecule has 2 aromatic rings. The van der Waals surface area contributed by atoms with E-state index in [1.54, 1.807) is 0 Å². The van der Waals surface area contributed by atoms with Crippen molar-refractivity contribution in [2.45, 2.75) is 0 Å². The predicted molar refractivity (Wildman–Crippen MR) is 46.4 cm³/mol. The molecule has 0 spiro atoms. The van der Waals surface area contributed by atoms with Crippen LogP contribution in [0.3, 0.4) is 0 Å². The number of aromatic nitrogens is 2. The second-order valence-corrected chi connectivity index (χ2v) is 2.95. The number of nitrogens with zero attached hydrogens (tertiary/aromatic N) is 1. The second-order valence-electron chi connectivity index (χ2n) is 2.54. The number of carbonyl (C=O) groups is 1. The molecule has 0 saturated heterocycles. The minimum atomic E-state index is -0.557. The summed E-state index contributed by atoms with van der Waals surface area (Å²) in [5, 5.41) is 6.70. The van der Waals surface area contributed by atoms with Gasteiger partial charge in [0, 0.05) is 5.39 Å². The number of H-pyrrole nitrogens is 1. The van der Waals surface area contributed by atoms with E-state index in [1.165, 1.54) is 12.1 Å². The number of carbonyl (C=O) groups excluding carboxylic acids is 1. The normalized spacial score (nSPS) is 10.6. The fourth-order valence-corrected chi connectivity index (χ4v) is 1.27. The van der Waals surface area contributed by atoms with Gasteiger partial charge in [0.05, 0.1) is 10.5 Å². The summed E-state index contributed by atoms with van der Waals surface area (Å²) in [6.45, 7) is 0. The van der Waals surface area contributed by atoms with Crippen molar-refractivity contribution in [1.29, 1.82) is 0 Å². The van der Waals surface area contributed by atoms with Gasteiger partial charge in [-0.3, -0.25) is 9.89 Å². The largest absolute Gasteiger partial charge is 0.296 e. The van der Waals surface area contributed by atoms with Gasteiger partial charge in [0.15, 0.2) is 6.29 Å². The molecule has 0 saturated carbocycles. The first kappa shape index (κ1) is 8.19. The van der Waals surface area contributed by atoms with Crippen molar-refractivity contribution in [3.05, 3.63) is 28.7 Å². The van der Waals surface area contributed by atoms with Crippen LogP contribution in [0.25, 0.3) is 10.9 Å². The number of rotatable bonds is 1. The van der Waals surface area contributed by atoms with E-state index < -0.39 is 5.82 Å². The van der Waals surface area contributed by atoms with Crippen molar-refractivity contribution in [1.82, 2.24) is 10.2 Å². The molecule has 1 heterocycles. The minimum absolute atomic E-state index is 0.00329. The van der Waals surface area contributed by atoms with Crippen LogP contribution in [0.4, 0.5) is 4.39 Å². The molecule has 1 aromatic carbocycles. The zero-order valence-electron chi connectivity index (χ0n) is 6.34. The summed E-state index contributed by atoms with van der Waals surface area (Å²) in [6, 6.07) is 2.56. The number of hydrogen-bond donors (Lipinski definition) is 1. The number of hydrogen-bond acceptors (Lipinski definition) is 2. The number of halogens is 2. The van der Waals surface area contributed by atoms with Crippen molar-refractivity contribution in [3.63, 3.8) is 0 Å². The van der Waals surface area contributed by atoms with Gasteiger partial charge in [0.2, 0.25) is 0 Å². The van der Waals surface area contributed by atoms with E-state index in [0.29, 0.717) is 17.2 Å². The highest BCUT2D eigenvalue weighted by atomic mass is 35.5. The molecule has 13 heavy (non-hydrogen) atoms. The molecule has 0 aliphatic rings. The topological polar surface area (TPSA) is 45.8 Å². The minimum Gasteiger partial charge on any atom is -0.296 e. The van der Waals surface area contributed by atoms with E-state index >= 15 is 0 Å². The maximum atomic E-state index is 13.0. The van der Waals surface area contributed by atoms with Gasteiger partial charge < -0.3 is 0 Å². The molecule has 3 nitrogen and oxygen atoms in total. The van der Waals surface area contributed by atoms with Crippen molar-refractivity contribution in [2.75, 3.05) is 0 Å². The van der Waals surface area contributed by atoms with Crippen LogP contribution in [-0.2, 0) is 0 Å². The molecule has 0 unspecified atom stereocenters. The number of aromatic amines is 1. The lowest BCUT2D eigenvalue weighted by atomic mass is 10.2. The Kier molecular flexibility index (Phi) is 1.77. The van der Waals surface area contributed by atoms with E-state index in [2.05, 4.69) is 10.2 Å². The first-order valence-corrected chi connectivity index (χ1v) is 3.88. The summed E-state index contributed by atoms with van der Waals surface area (Å²) in [5.41, 5.74) is 0.735. The quantitative estimate of drug-likeness (QED) is 0.714. The Labute approximate surface area is 77.5 Å². The molecule has 0 bridgehead atoms. The summed E-state index contributed by atoms with van der Waals surface area (Å²) in [6.07, 6.45) is 0.586. The standard InChI is InChI=1S/C8H4ClFN2O/c9-5-2-7-4(1-6(5)10)8(3-13)12-11-7/h1-3H,(H,11,12). The summed E-state index contributed by atoms with van der Waals surface area (Å²) in [5.74, 6) is -0.557. The van der Waals surface area contributed by atoms with E-state index in [0.717, 1.165) is 0 Å². The summed E-state index contributed by atoms with van der Waals surface area (Å²) >= 11 is 5.52. The Bertz CT molecular complexity index is 480. The predicted octanol–water partition coefficient (Wildman–Crippen LogP) is 2.17. The Morgan fingerprint density at radius 3 is 3.00 bits per heavy atom. The Morgan fingerprint density at radius 1 is 1.54 bits per heavy atom. The molecule has 0 aliphatic carbocycles. The molecule has 0 aliphatic heterocycles. The van der Waals surface area contributed by atoms with Gasteiger partial charge in [-0.25, -0.2) is 4.39 Å². The van der Waals surface area contributed by atoms with Crippen LogP contribution in [0.2, 0.25) is 5.02 Å². The fraction of sp³-hybridized carbons (Fsp3) is 0. The lowest BCUT2D eigenvalue weighted by Gasteiger charge is -1.92. The zero-order valence-corrected chi connectivity index (χ0v) is 7.10. The SMILES string of the molecule is O=Cc1[nH]nc2cc(Cl)c(F)cc12. The third kappa shape index (κ3) is 1.19. The van der Waals surface area contributed by atoms with Crippen LogP contribution in [-0.4, -0.2) is 16.5 Å². The zero-order chi connectivity index (χ0) is 9.42. The molecule has 0 radical (unpaired) electrons. The van der Waals surface area contributed by atoms with E-state index in [9.17, 15) is 9.18 Å². The lowest BCUT2D eigenvalue weighted by molar-refractivity contribution is 0.112. The van der Waals surface area contributed by atoms with Crippen molar-refractivity contribution < 1.29 is 9.18 Å². The Hall–Kier alpha value is -1.42. The Morgan fingerprint density at radius 2 is 2.31 bits per heavy atom. The van der Waals surface area contributed by atoms with Crippen molar-refractivity contribution in [3.8, 4) is 0 Å². The second kappa shape index (κ2) is 2.81. The number of benzene rings is 1. The molecule has 5 heteroatoms. The molecular weight excluding hydrogens is 195 g/mol. The first-order valence-electron chi connectivity index (χ1n) is 3.50. The Balaban J connectivity index is 2.84. The monoisotopic (exact) mass is 198 g/mol. The van der Waals surface area contributed by atoms with Crippen molar-refractivity contribution >= 4 is 28.8 Å². The summed E-state index contributed by atoms with van der Waals surface area (Å²) in [4.78, 5) is 10.5. The van der Waals surface area contributed by atoms with Gasteiger partial charge in [-0.2, -0.15) is 5.10 Å². The molecule has 1 aromatic heterocycles. The third-order valence-corrected chi connectivity index (χ3v) is 2.03. The maximum absolute atomic E-state index is 13.0. The number of fused-ring (bicyclic) bond motifs is 1. The molecule has 0 amide bonds. The van der Waals surface area contributed by atoms with Crippen molar-refractivity contribution in [2.24, 2.45) is 0 Å². The highest BCUT2D eigenvalue weighted by molar-refractivity contribution is 6.31. The van der Waals surface area contributed by atoms with Gasteiger partial charge in [0.1, 0.15) is 11.5 Å². The highest BCUT2D eigenvalue weighted by Gasteiger charge is 2.08. The summed E-state index contributed by atoms with van der Waals surface area (Å²) < 4.78 is 13.0. The van der Waals surface area contributed by atoms with Crippen LogP contribution in [0, 0.1) is 5.82 Å². The van der Waals surface area contributed by atoms with Crippen LogP contribution in [0.5, 0.6) is 0 Å². The van der Waals surface area contributed by atoms with Gasteiger partial charge in [-0.1, -0.05) is 11.6 Å². The van der Waals surface area contributed by atoms with Crippen LogP contribution < -0.4 is 0 Å². The third-order valence-electron chi connectivity index (χ3n) is 1.74. The average Bonchev–Trinajstić information content (AvgIpc) is 2.48. The van der Waals surface area contributed by atoms with Crippen LogP contribution in [0.1, 0.15) is 10.5 Å². The van der Waals surface area contributed by atoms with Crippen LogP contribution >= 0.6 is 11.6 Å². The highest BCUT2D eigenvalue weighted by Crippen LogP contribution is 2.22. The molecule has 1 N–H and O–H groups in total. The van der Waals surface area contributed by atoms with Gasteiger partial charge >= 0.3 is 0 Å². The van der Waals surface area contributed by atoms with E-state index in [-0.39, 0.29) is 10.7 Å². The molecule has 2 rings (SSSR count). The summed E-state index contributed by atoms with van der Waals surface area (Å²) in [7, 11) is 0. The lowest BCUT2D eigenvalue weighted by Crippen LogP contribution is -1.80. The van der Waals surface area contributed by atoms with Gasteiger partial charge in [-0.15, -0.1) is 0 Å². The number of aldehydes is 1. The smallest absolute Gasteiger partial charge is 0.168 e.